The average molecular weight is 377 g/mol. The molecule has 0 aliphatic heterocycles. The van der Waals surface area contributed by atoms with Crippen LogP contribution >= 0.6 is 0 Å². The SMILES string of the molecule is Cc1ccccc1NC(=O)[C@H](C)OC(=O)Cc1coc2cc3c(cc12)CCC3. The van der Waals surface area contributed by atoms with Gasteiger partial charge in [0.05, 0.1) is 12.7 Å². The number of furan rings is 1. The van der Waals surface area contributed by atoms with Gasteiger partial charge in [-0.2, -0.15) is 0 Å². The van der Waals surface area contributed by atoms with Crippen molar-refractivity contribution in [2.45, 2.75) is 45.6 Å². The number of anilines is 1. The predicted octanol–water partition coefficient (Wildman–Crippen LogP) is 4.34. The van der Waals surface area contributed by atoms with E-state index in [1.165, 1.54) is 11.1 Å². The minimum Gasteiger partial charge on any atom is -0.464 e. The average Bonchev–Trinajstić information content (AvgIpc) is 3.28. The zero-order valence-electron chi connectivity index (χ0n) is 16.1. The maximum Gasteiger partial charge on any atom is 0.311 e. The van der Waals surface area contributed by atoms with E-state index >= 15 is 0 Å². The molecule has 4 rings (SSSR count). The number of aryl methyl sites for hydroxylation is 3. The number of hydrogen-bond donors (Lipinski definition) is 1. The molecule has 1 aliphatic rings. The minimum absolute atomic E-state index is 0.0772. The fourth-order valence-corrected chi connectivity index (χ4v) is 3.68. The van der Waals surface area contributed by atoms with E-state index < -0.39 is 12.1 Å². The first kappa shape index (κ1) is 18.3. The topological polar surface area (TPSA) is 68.5 Å². The Morgan fingerprint density at radius 1 is 1.18 bits per heavy atom. The highest BCUT2D eigenvalue weighted by Crippen LogP contribution is 2.30. The third-order valence-corrected chi connectivity index (χ3v) is 5.28. The first-order valence-electron chi connectivity index (χ1n) is 9.59. The van der Waals surface area contributed by atoms with Crippen LogP contribution in [0.4, 0.5) is 5.69 Å². The summed E-state index contributed by atoms with van der Waals surface area (Å²) in [5.74, 6) is -0.798. The zero-order chi connectivity index (χ0) is 19.7. The summed E-state index contributed by atoms with van der Waals surface area (Å²) < 4.78 is 11.0. The Kier molecular flexibility index (Phi) is 4.90. The standard InChI is InChI=1S/C23H23NO4/c1-14-6-3-4-9-20(14)24-23(26)15(2)28-22(25)12-18-13-27-21-11-17-8-5-7-16(17)10-19(18)21/h3-4,6,9-11,13,15H,5,7-8,12H2,1-2H3,(H,24,26)/t15-/m0/s1. The molecule has 0 saturated heterocycles. The van der Waals surface area contributed by atoms with Gasteiger partial charge in [-0.3, -0.25) is 9.59 Å². The number of benzene rings is 2. The lowest BCUT2D eigenvalue weighted by Gasteiger charge is -2.14. The van der Waals surface area contributed by atoms with Crippen LogP contribution < -0.4 is 5.32 Å². The van der Waals surface area contributed by atoms with Gasteiger partial charge in [0.15, 0.2) is 6.10 Å². The molecule has 1 heterocycles. The monoisotopic (exact) mass is 377 g/mol. The van der Waals surface area contributed by atoms with Gasteiger partial charge in [0.2, 0.25) is 0 Å². The van der Waals surface area contributed by atoms with Gasteiger partial charge in [0, 0.05) is 16.6 Å². The van der Waals surface area contributed by atoms with E-state index in [1.54, 1.807) is 13.2 Å². The number of rotatable bonds is 5. The molecule has 1 N–H and O–H groups in total. The van der Waals surface area contributed by atoms with Crippen LogP contribution in [0.25, 0.3) is 11.0 Å². The summed E-state index contributed by atoms with van der Waals surface area (Å²) in [4.78, 5) is 24.7. The van der Waals surface area contributed by atoms with Gasteiger partial charge in [-0.05, 0) is 68.0 Å². The van der Waals surface area contributed by atoms with E-state index in [9.17, 15) is 9.59 Å². The minimum atomic E-state index is -0.880. The van der Waals surface area contributed by atoms with E-state index in [-0.39, 0.29) is 12.3 Å². The van der Waals surface area contributed by atoms with Crippen LogP contribution in [0, 0.1) is 6.92 Å². The van der Waals surface area contributed by atoms with Crippen LogP contribution in [0.15, 0.2) is 47.1 Å². The van der Waals surface area contributed by atoms with Crippen molar-refractivity contribution in [3.05, 3.63) is 64.9 Å². The molecule has 1 atom stereocenters. The number of fused-ring (bicyclic) bond motifs is 2. The van der Waals surface area contributed by atoms with E-state index in [0.717, 1.165) is 41.4 Å². The highest BCUT2D eigenvalue weighted by Gasteiger charge is 2.21. The lowest BCUT2D eigenvalue weighted by Crippen LogP contribution is -2.30. The number of nitrogens with one attached hydrogen (secondary N) is 1. The van der Waals surface area contributed by atoms with Crippen LogP contribution in [0.3, 0.4) is 0 Å². The quantitative estimate of drug-likeness (QED) is 0.672. The van der Waals surface area contributed by atoms with Gasteiger partial charge in [-0.15, -0.1) is 0 Å². The summed E-state index contributed by atoms with van der Waals surface area (Å²) in [7, 11) is 0. The molecule has 5 heteroatoms. The number of carbonyl (C=O) groups is 2. The summed E-state index contributed by atoms with van der Waals surface area (Å²) >= 11 is 0. The summed E-state index contributed by atoms with van der Waals surface area (Å²) in [5.41, 5.74) is 5.92. The maximum atomic E-state index is 12.4. The van der Waals surface area contributed by atoms with Crippen molar-refractivity contribution < 1.29 is 18.7 Å². The lowest BCUT2D eigenvalue weighted by molar-refractivity contribution is -0.152. The fourth-order valence-electron chi connectivity index (χ4n) is 3.68. The fraction of sp³-hybridized carbons (Fsp3) is 0.304. The Morgan fingerprint density at radius 2 is 1.93 bits per heavy atom. The van der Waals surface area contributed by atoms with E-state index in [4.69, 9.17) is 9.15 Å². The van der Waals surface area contributed by atoms with Crippen LogP contribution in [-0.4, -0.2) is 18.0 Å². The molecule has 1 aromatic heterocycles. The molecule has 0 spiro atoms. The lowest BCUT2D eigenvalue weighted by atomic mass is 10.0. The number of ether oxygens (including phenoxy) is 1. The van der Waals surface area contributed by atoms with Gasteiger partial charge in [-0.1, -0.05) is 18.2 Å². The van der Waals surface area contributed by atoms with Crippen molar-refractivity contribution in [1.82, 2.24) is 0 Å². The number of esters is 1. The molecular formula is C23H23NO4. The summed E-state index contributed by atoms with van der Waals surface area (Å²) in [6.07, 6.45) is 4.11. The van der Waals surface area contributed by atoms with E-state index in [2.05, 4.69) is 17.4 Å². The van der Waals surface area contributed by atoms with Gasteiger partial charge in [0.1, 0.15) is 5.58 Å². The summed E-state index contributed by atoms with van der Waals surface area (Å²) in [6, 6.07) is 11.7. The molecule has 0 unspecified atom stereocenters. The van der Waals surface area contributed by atoms with Crippen LogP contribution in [0.1, 0.15) is 35.6 Å². The molecule has 1 aliphatic carbocycles. The molecular weight excluding hydrogens is 354 g/mol. The second-order valence-electron chi connectivity index (χ2n) is 7.34. The van der Waals surface area contributed by atoms with Crippen LogP contribution in [0.5, 0.6) is 0 Å². The second-order valence-corrected chi connectivity index (χ2v) is 7.34. The smallest absolute Gasteiger partial charge is 0.311 e. The third-order valence-electron chi connectivity index (χ3n) is 5.28. The summed E-state index contributed by atoms with van der Waals surface area (Å²) in [6.45, 7) is 3.49. The van der Waals surface area contributed by atoms with Gasteiger partial charge in [-0.25, -0.2) is 0 Å². The highest BCUT2D eigenvalue weighted by molar-refractivity contribution is 5.96. The highest BCUT2D eigenvalue weighted by atomic mass is 16.5. The molecule has 0 saturated carbocycles. The van der Waals surface area contributed by atoms with Gasteiger partial charge >= 0.3 is 5.97 Å². The van der Waals surface area contributed by atoms with Gasteiger partial charge in [0.25, 0.3) is 5.91 Å². The molecule has 28 heavy (non-hydrogen) atoms. The normalized spacial score (nSPS) is 13.9. The number of carbonyl (C=O) groups excluding carboxylic acids is 2. The zero-order valence-corrected chi connectivity index (χ0v) is 16.1. The second kappa shape index (κ2) is 7.50. The molecule has 2 aromatic carbocycles. The first-order valence-corrected chi connectivity index (χ1v) is 9.59. The number of hydrogen-bond acceptors (Lipinski definition) is 4. The van der Waals surface area contributed by atoms with E-state index in [1.807, 2.05) is 31.2 Å². The number of amides is 1. The van der Waals surface area contributed by atoms with Crippen molar-refractivity contribution in [2.24, 2.45) is 0 Å². The largest absolute Gasteiger partial charge is 0.464 e. The third kappa shape index (κ3) is 3.65. The maximum absolute atomic E-state index is 12.4. The Morgan fingerprint density at radius 3 is 2.71 bits per heavy atom. The van der Waals surface area contributed by atoms with Crippen LogP contribution in [0.2, 0.25) is 0 Å². The predicted molar refractivity (Wildman–Crippen MR) is 107 cm³/mol. The molecule has 3 aromatic rings. The van der Waals surface area contributed by atoms with Gasteiger partial charge < -0.3 is 14.5 Å². The molecule has 0 radical (unpaired) electrons. The Labute approximate surface area is 163 Å². The molecule has 0 bridgehead atoms. The van der Waals surface area contributed by atoms with Crippen molar-refractivity contribution in [2.75, 3.05) is 5.32 Å². The molecule has 5 nitrogen and oxygen atoms in total. The first-order chi connectivity index (χ1) is 13.5. The number of para-hydroxylation sites is 1. The molecule has 0 fully saturated rings. The van der Waals surface area contributed by atoms with Crippen molar-refractivity contribution in [3.8, 4) is 0 Å². The Hall–Kier alpha value is -3.08. The van der Waals surface area contributed by atoms with Crippen LogP contribution in [-0.2, 0) is 33.6 Å². The Balaban J connectivity index is 1.41. The summed E-state index contributed by atoms with van der Waals surface area (Å²) in [5, 5.41) is 3.75. The van der Waals surface area contributed by atoms with Crippen molar-refractivity contribution >= 4 is 28.5 Å². The Bertz CT molecular complexity index is 1050. The van der Waals surface area contributed by atoms with Crippen molar-refractivity contribution in [1.29, 1.82) is 0 Å². The molecule has 1 amide bonds. The van der Waals surface area contributed by atoms with Crippen molar-refractivity contribution in [3.63, 3.8) is 0 Å². The van der Waals surface area contributed by atoms with E-state index in [0.29, 0.717) is 5.69 Å². The molecule has 144 valence electrons.